The van der Waals surface area contributed by atoms with Gasteiger partial charge in [0, 0.05) is 13.6 Å². The van der Waals surface area contributed by atoms with Gasteiger partial charge in [0.1, 0.15) is 5.02 Å². The lowest BCUT2D eigenvalue weighted by atomic mass is 10.1. The van der Waals surface area contributed by atoms with Gasteiger partial charge in [0.25, 0.3) is 0 Å². The molecule has 1 N–H and O–H groups in total. The highest BCUT2D eigenvalue weighted by atomic mass is 35.5. The number of halogens is 1. The van der Waals surface area contributed by atoms with E-state index in [4.69, 9.17) is 16.3 Å². The second-order valence-corrected chi connectivity index (χ2v) is 5.12. The summed E-state index contributed by atoms with van der Waals surface area (Å²) in [5, 5.41) is 3.57. The van der Waals surface area contributed by atoms with Gasteiger partial charge in [0.2, 0.25) is 5.95 Å². The van der Waals surface area contributed by atoms with Crippen LogP contribution in [0.25, 0.3) is 0 Å². The third-order valence-corrected chi connectivity index (χ3v) is 3.97. The number of aromatic nitrogens is 2. The van der Waals surface area contributed by atoms with E-state index in [0.717, 1.165) is 31.8 Å². The van der Waals surface area contributed by atoms with E-state index in [1.165, 1.54) is 6.42 Å². The zero-order valence-electron chi connectivity index (χ0n) is 10.4. The molecule has 1 saturated heterocycles. The summed E-state index contributed by atoms with van der Waals surface area (Å²) < 4.78 is 5.81. The number of hydrogen-bond donors (Lipinski definition) is 1. The van der Waals surface area contributed by atoms with Gasteiger partial charge in [-0.3, -0.25) is 0 Å². The number of fused-ring (bicyclic) bond motifs is 1. The monoisotopic (exact) mass is 268 g/mol. The van der Waals surface area contributed by atoms with Gasteiger partial charge in [-0.2, -0.15) is 4.98 Å². The summed E-state index contributed by atoms with van der Waals surface area (Å²) in [4.78, 5) is 10.9. The lowest BCUT2D eigenvalue weighted by Gasteiger charge is -2.38. The lowest BCUT2D eigenvalue weighted by Crippen LogP contribution is -2.49. The minimum absolute atomic E-state index is 0.336. The van der Waals surface area contributed by atoms with Crippen LogP contribution in [0.5, 0.6) is 0 Å². The predicted molar refractivity (Wildman–Crippen MR) is 71.3 cm³/mol. The van der Waals surface area contributed by atoms with Crippen molar-refractivity contribution in [3.05, 3.63) is 11.2 Å². The number of hydrogen-bond acceptors (Lipinski definition) is 5. The van der Waals surface area contributed by atoms with E-state index in [2.05, 4.69) is 20.2 Å². The van der Waals surface area contributed by atoms with E-state index in [1.807, 2.05) is 7.05 Å². The molecule has 3 rings (SSSR count). The first-order chi connectivity index (χ1) is 8.79. The Morgan fingerprint density at radius 3 is 3.22 bits per heavy atom. The zero-order valence-corrected chi connectivity index (χ0v) is 11.2. The molecule has 98 valence electrons. The molecule has 18 heavy (non-hydrogen) atoms. The third-order valence-electron chi connectivity index (χ3n) is 3.70. The molecular weight excluding hydrogens is 252 g/mol. The highest BCUT2D eigenvalue weighted by Crippen LogP contribution is 2.35. The molecule has 2 fully saturated rings. The van der Waals surface area contributed by atoms with Gasteiger partial charge in [-0.25, -0.2) is 4.98 Å². The maximum absolute atomic E-state index is 6.24. The average Bonchev–Trinajstić information content (AvgIpc) is 2.87. The fraction of sp³-hybridized carbons (Fsp3) is 0.667. The van der Waals surface area contributed by atoms with Crippen LogP contribution < -0.4 is 10.2 Å². The Morgan fingerprint density at radius 1 is 1.50 bits per heavy atom. The number of ether oxygens (including phenoxy) is 1. The van der Waals surface area contributed by atoms with Crippen LogP contribution in [-0.2, 0) is 4.74 Å². The first kappa shape index (κ1) is 12.0. The Labute approximate surface area is 112 Å². The van der Waals surface area contributed by atoms with Gasteiger partial charge in [-0.1, -0.05) is 11.6 Å². The van der Waals surface area contributed by atoms with Crippen molar-refractivity contribution >= 4 is 23.4 Å². The van der Waals surface area contributed by atoms with Crippen LogP contribution in [-0.4, -0.2) is 42.3 Å². The second kappa shape index (κ2) is 4.90. The summed E-state index contributed by atoms with van der Waals surface area (Å²) in [6.45, 7) is 1.59. The molecule has 2 unspecified atom stereocenters. The summed E-state index contributed by atoms with van der Waals surface area (Å²) in [5.41, 5.74) is 0. The molecular formula is C12H17ClN4O. The van der Waals surface area contributed by atoms with E-state index < -0.39 is 0 Å². The van der Waals surface area contributed by atoms with Crippen molar-refractivity contribution < 1.29 is 4.74 Å². The van der Waals surface area contributed by atoms with Crippen LogP contribution in [0.15, 0.2) is 6.20 Å². The molecule has 1 saturated carbocycles. The van der Waals surface area contributed by atoms with Crippen LogP contribution in [0, 0.1) is 0 Å². The number of rotatable bonds is 2. The number of morpholine rings is 1. The first-order valence-corrected chi connectivity index (χ1v) is 6.76. The van der Waals surface area contributed by atoms with Gasteiger partial charge >= 0.3 is 0 Å². The third kappa shape index (κ3) is 2.01. The molecule has 1 aromatic rings. The van der Waals surface area contributed by atoms with Crippen molar-refractivity contribution in [2.24, 2.45) is 0 Å². The second-order valence-electron chi connectivity index (χ2n) is 4.72. The van der Waals surface area contributed by atoms with E-state index in [9.17, 15) is 0 Å². The highest BCUT2D eigenvalue weighted by molar-refractivity contribution is 6.32. The molecule has 2 aliphatic rings. The van der Waals surface area contributed by atoms with Crippen molar-refractivity contribution in [3.8, 4) is 0 Å². The fourth-order valence-corrected chi connectivity index (χ4v) is 3.07. The Hall–Kier alpha value is -1.07. The minimum atomic E-state index is 0.336. The Balaban J connectivity index is 1.93. The topological polar surface area (TPSA) is 50.3 Å². The molecule has 0 spiro atoms. The molecule has 6 heteroatoms. The molecule has 5 nitrogen and oxygen atoms in total. The van der Waals surface area contributed by atoms with E-state index in [0.29, 0.717) is 23.1 Å². The van der Waals surface area contributed by atoms with Crippen molar-refractivity contribution in [1.82, 2.24) is 9.97 Å². The van der Waals surface area contributed by atoms with Crippen molar-refractivity contribution in [2.75, 3.05) is 30.4 Å². The summed E-state index contributed by atoms with van der Waals surface area (Å²) in [7, 11) is 1.81. The maximum Gasteiger partial charge on any atom is 0.224 e. The summed E-state index contributed by atoms with van der Waals surface area (Å²) in [6.07, 6.45) is 5.51. The Morgan fingerprint density at radius 2 is 2.39 bits per heavy atom. The van der Waals surface area contributed by atoms with Crippen LogP contribution in [0.4, 0.5) is 11.8 Å². The number of nitrogens with zero attached hydrogens (tertiary/aromatic N) is 3. The van der Waals surface area contributed by atoms with Gasteiger partial charge in [-0.15, -0.1) is 0 Å². The van der Waals surface area contributed by atoms with Crippen LogP contribution in [0.2, 0.25) is 5.02 Å². The quantitative estimate of drug-likeness (QED) is 0.888. The molecule has 1 aliphatic carbocycles. The van der Waals surface area contributed by atoms with E-state index in [1.54, 1.807) is 6.20 Å². The van der Waals surface area contributed by atoms with E-state index >= 15 is 0 Å². The van der Waals surface area contributed by atoms with Crippen LogP contribution >= 0.6 is 11.6 Å². The number of nitrogens with one attached hydrogen (secondary N) is 1. The Kier molecular flexibility index (Phi) is 3.26. The van der Waals surface area contributed by atoms with Crippen LogP contribution in [0.1, 0.15) is 19.3 Å². The molecule has 2 heterocycles. The average molecular weight is 269 g/mol. The fourth-order valence-electron chi connectivity index (χ4n) is 2.87. The molecule has 0 amide bonds. The maximum atomic E-state index is 6.24. The van der Waals surface area contributed by atoms with Crippen molar-refractivity contribution in [1.29, 1.82) is 0 Å². The minimum Gasteiger partial charge on any atom is -0.374 e. The summed E-state index contributed by atoms with van der Waals surface area (Å²) in [6, 6.07) is 0.413. The number of anilines is 2. The van der Waals surface area contributed by atoms with Gasteiger partial charge in [0.05, 0.1) is 24.9 Å². The zero-order chi connectivity index (χ0) is 12.5. The summed E-state index contributed by atoms with van der Waals surface area (Å²) >= 11 is 6.24. The SMILES string of the molecule is CNc1ncc(Cl)c(N2CCOC3CCCC32)n1. The van der Waals surface area contributed by atoms with Gasteiger partial charge in [-0.05, 0) is 19.3 Å². The normalized spacial score (nSPS) is 27.1. The molecule has 0 aromatic carbocycles. The summed E-state index contributed by atoms with van der Waals surface area (Å²) in [5.74, 6) is 1.44. The first-order valence-electron chi connectivity index (χ1n) is 6.38. The molecule has 0 radical (unpaired) electrons. The smallest absolute Gasteiger partial charge is 0.224 e. The van der Waals surface area contributed by atoms with Crippen molar-refractivity contribution in [3.63, 3.8) is 0 Å². The lowest BCUT2D eigenvalue weighted by molar-refractivity contribution is 0.0253. The van der Waals surface area contributed by atoms with E-state index in [-0.39, 0.29) is 0 Å². The predicted octanol–water partition coefficient (Wildman–Crippen LogP) is 1.93. The van der Waals surface area contributed by atoms with Gasteiger partial charge < -0.3 is 15.0 Å². The standard InChI is InChI=1S/C12H17ClN4O/c1-14-12-15-7-8(13)11(16-12)17-5-6-18-10-4-2-3-9(10)17/h7,9-10H,2-6H2,1H3,(H,14,15,16). The van der Waals surface area contributed by atoms with Gasteiger partial charge in [0.15, 0.2) is 5.82 Å². The molecule has 2 atom stereocenters. The largest absolute Gasteiger partial charge is 0.374 e. The van der Waals surface area contributed by atoms with Crippen LogP contribution in [0.3, 0.4) is 0 Å². The highest BCUT2D eigenvalue weighted by Gasteiger charge is 2.37. The molecule has 1 aromatic heterocycles. The Bertz CT molecular complexity index is 442. The molecule has 0 bridgehead atoms. The van der Waals surface area contributed by atoms with Crippen molar-refractivity contribution in [2.45, 2.75) is 31.4 Å². The molecule has 1 aliphatic heterocycles.